The van der Waals surface area contributed by atoms with Gasteiger partial charge in [0.15, 0.2) is 5.16 Å². The molecule has 2 heterocycles. The van der Waals surface area contributed by atoms with E-state index in [1.807, 2.05) is 31.2 Å². The van der Waals surface area contributed by atoms with Crippen LogP contribution in [0.3, 0.4) is 0 Å². The third-order valence-electron chi connectivity index (χ3n) is 4.65. The van der Waals surface area contributed by atoms with Crippen molar-refractivity contribution in [3.8, 4) is 5.69 Å². The smallest absolute Gasteiger partial charge is 0.267 e. The number of benzene rings is 1. The number of thioether (sulfide) groups is 1. The molecule has 0 amide bonds. The molecular weight excluding hydrogens is 364 g/mol. The van der Waals surface area contributed by atoms with Crippen LogP contribution in [0.4, 0.5) is 0 Å². The lowest BCUT2D eigenvalue weighted by Crippen LogP contribution is -2.22. The Bertz CT molecular complexity index is 1050. The summed E-state index contributed by atoms with van der Waals surface area (Å²) in [6.07, 6.45) is 4.30. The highest BCUT2D eigenvalue weighted by Crippen LogP contribution is 2.35. The summed E-state index contributed by atoms with van der Waals surface area (Å²) in [5.41, 5.74) is 3.13. The maximum atomic E-state index is 13.4. The normalized spacial score (nSPS) is 13.8. The second-order valence-corrected chi connectivity index (χ2v) is 8.78. The van der Waals surface area contributed by atoms with Gasteiger partial charge in [0.2, 0.25) is 0 Å². The zero-order valence-electron chi connectivity index (χ0n) is 14.9. The molecule has 0 N–H and O–H groups in total. The SMILES string of the molecule is CC(=O)CSc1nc2sc3c(c2c(=O)n1-c1ccc(C)cc1)CCCC3. The molecule has 4 rings (SSSR count). The lowest BCUT2D eigenvalue weighted by atomic mass is 9.97. The zero-order valence-corrected chi connectivity index (χ0v) is 16.5. The number of hydrogen-bond donors (Lipinski definition) is 0. The van der Waals surface area contributed by atoms with Gasteiger partial charge in [0.25, 0.3) is 5.56 Å². The van der Waals surface area contributed by atoms with E-state index in [1.54, 1.807) is 22.8 Å². The molecule has 26 heavy (non-hydrogen) atoms. The standard InChI is InChI=1S/C20H20N2O2S2/c1-12-7-9-14(10-8-12)22-19(24)17-15-5-3-4-6-16(15)26-18(17)21-20(22)25-11-13(2)23/h7-10H,3-6,11H2,1-2H3. The molecule has 134 valence electrons. The van der Waals surface area contributed by atoms with Crippen molar-refractivity contribution >= 4 is 39.1 Å². The van der Waals surface area contributed by atoms with Crippen molar-refractivity contribution in [2.75, 3.05) is 5.75 Å². The summed E-state index contributed by atoms with van der Waals surface area (Å²) in [6.45, 7) is 3.58. The van der Waals surface area contributed by atoms with Crippen LogP contribution in [0.2, 0.25) is 0 Å². The van der Waals surface area contributed by atoms with Crippen molar-refractivity contribution in [2.45, 2.75) is 44.7 Å². The fraction of sp³-hybridized carbons (Fsp3) is 0.350. The van der Waals surface area contributed by atoms with Gasteiger partial charge in [-0.15, -0.1) is 11.3 Å². The van der Waals surface area contributed by atoms with Gasteiger partial charge >= 0.3 is 0 Å². The molecule has 0 saturated carbocycles. The van der Waals surface area contributed by atoms with Crippen LogP contribution in [0.15, 0.2) is 34.2 Å². The van der Waals surface area contributed by atoms with Crippen LogP contribution in [0.5, 0.6) is 0 Å². The van der Waals surface area contributed by atoms with Crippen molar-refractivity contribution in [2.24, 2.45) is 0 Å². The maximum absolute atomic E-state index is 13.4. The average Bonchev–Trinajstić information content (AvgIpc) is 2.99. The number of aromatic nitrogens is 2. The number of carbonyl (C=O) groups is 1. The first kappa shape index (κ1) is 17.5. The predicted molar refractivity (Wildman–Crippen MR) is 108 cm³/mol. The molecule has 0 spiro atoms. The lowest BCUT2D eigenvalue weighted by molar-refractivity contribution is -0.114. The van der Waals surface area contributed by atoms with E-state index in [-0.39, 0.29) is 11.3 Å². The van der Waals surface area contributed by atoms with E-state index in [4.69, 9.17) is 4.98 Å². The number of Topliss-reactive ketones (excluding diaryl/α,β-unsaturated/α-hetero) is 1. The number of rotatable bonds is 4. The second kappa shape index (κ2) is 7.00. The summed E-state index contributed by atoms with van der Waals surface area (Å²) in [6, 6.07) is 7.88. The topological polar surface area (TPSA) is 52.0 Å². The van der Waals surface area contributed by atoms with E-state index in [1.165, 1.54) is 28.6 Å². The van der Waals surface area contributed by atoms with Crippen LogP contribution in [0.1, 0.15) is 35.8 Å². The van der Waals surface area contributed by atoms with Crippen LogP contribution >= 0.6 is 23.1 Å². The van der Waals surface area contributed by atoms with Crippen molar-refractivity contribution < 1.29 is 4.79 Å². The fourth-order valence-electron chi connectivity index (χ4n) is 3.37. The molecule has 3 aromatic rings. The van der Waals surface area contributed by atoms with Gasteiger partial charge in [-0.3, -0.25) is 14.2 Å². The summed E-state index contributed by atoms with van der Waals surface area (Å²) in [7, 11) is 0. The molecule has 1 aromatic carbocycles. The molecule has 1 aliphatic rings. The van der Waals surface area contributed by atoms with E-state index in [2.05, 4.69) is 0 Å². The first-order valence-electron chi connectivity index (χ1n) is 8.81. The van der Waals surface area contributed by atoms with Gasteiger partial charge in [0, 0.05) is 4.88 Å². The van der Waals surface area contributed by atoms with E-state index in [0.717, 1.165) is 40.7 Å². The highest BCUT2D eigenvalue weighted by molar-refractivity contribution is 7.99. The first-order valence-corrected chi connectivity index (χ1v) is 10.6. The maximum Gasteiger partial charge on any atom is 0.267 e. The zero-order chi connectivity index (χ0) is 18.3. The summed E-state index contributed by atoms with van der Waals surface area (Å²) in [4.78, 5) is 31.9. The molecule has 0 saturated heterocycles. The first-order chi connectivity index (χ1) is 12.5. The van der Waals surface area contributed by atoms with Crippen molar-refractivity contribution in [3.63, 3.8) is 0 Å². The minimum atomic E-state index is -0.00990. The summed E-state index contributed by atoms with van der Waals surface area (Å²) >= 11 is 2.98. The van der Waals surface area contributed by atoms with Gasteiger partial charge in [-0.05, 0) is 57.2 Å². The van der Waals surface area contributed by atoms with Gasteiger partial charge in [0.1, 0.15) is 10.6 Å². The number of aryl methyl sites for hydroxylation is 3. The van der Waals surface area contributed by atoms with Crippen molar-refractivity contribution in [1.29, 1.82) is 0 Å². The molecule has 4 nitrogen and oxygen atoms in total. The highest BCUT2D eigenvalue weighted by Gasteiger charge is 2.23. The Balaban J connectivity index is 1.97. The molecule has 0 atom stereocenters. The molecule has 6 heteroatoms. The minimum Gasteiger partial charge on any atom is -0.299 e. The largest absolute Gasteiger partial charge is 0.299 e. The Morgan fingerprint density at radius 1 is 1.23 bits per heavy atom. The molecule has 0 unspecified atom stereocenters. The number of carbonyl (C=O) groups excluding carboxylic acids is 1. The van der Waals surface area contributed by atoms with Crippen molar-refractivity contribution in [1.82, 2.24) is 9.55 Å². The Hall–Kier alpha value is -1.92. The summed E-state index contributed by atoms with van der Waals surface area (Å²) in [5, 5.41) is 1.37. The molecular formula is C20H20N2O2S2. The van der Waals surface area contributed by atoms with E-state index in [9.17, 15) is 9.59 Å². The van der Waals surface area contributed by atoms with Gasteiger partial charge in [-0.2, -0.15) is 0 Å². The van der Waals surface area contributed by atoms with Crippen LogP contribution in [-0.4, -0.2) is 21.1 Å². The fourth-order valence-corrected chi connectivity index (χ4v) is 5.49. The van der Waals surface area contributed by atoms with E-state index in [0.29, 0.717) is 10.9 Å². The minimum absolute atomic E-state index is 0.00990. The average molecular weight is 385 g/mol. The number of ketones is 1. The Kier molecular flexibility index (Phi) is 4.71. The molecule has 1 aliphatic carbocycles. The number of nitrogens with zero attached hydrogens (tertiary/aromatic N) is 2. The molecule has 0 aliphatic heterocycles. The predicted octanol–water partition coefficient (Wildman–Crippen LogP) is 4.32. The van der Waals surface area contributed by atoms with Crippen molar-refractivity contribution in [3.05, 3.63) is 50.6 Å². The third-order valence-corrected chi connectivity index (χ3v) is 6.92. The van der Waals surface area contributed by atoms with Crippen LogP contribution < -0.4 is 5.56 Å². The van der Waals surface area contributed by atoms with Gasteiger partial charge in [-0.1, -0.05) is 29.5 Å². The van der Waals surface area contributed by atoms with Crippen LogP contribution in [0, 0.1) is 6.92 Å². The van der Waals surface area contributed by atoms with Gasteiger partial charge in [0.05, 0.1) is 16.8 Å². The number of hydrogen-bond acceptors (Lipinski definition) is 5. The quantitative estimate of drug-likeness (QED) is 0.497. The van der Waals surface area contributed by atoms with Crippen LogP contribution in [0.25, 0.3) is 15.9 Å². The van der Waals surface area contributed by atoms with Gasteiger partial charge < -0.3 is 0 Å². The highest BCUT2D eigenvalue weighted by atomic mass is 32.2. The molecule has 0 fully saturated rings. The Morgan fingerprint density at radius 2 is 1.96 bits per heavy atom. The second-order valence-electron chi connectivity index (χ2n) is 6.75. The molecule has 0 radical (unpaired) electrons. The summed E-state index contributed by atoms with van der Waals surface area (Å²) < 4.78 is 1.68. The Labute approximate surface area is 160 Å². The number of thiophene rings is 1. The molecule has 2 aromatic heterocycles. The van der Waals surface area contributed by atoms with Crippen LogP contribution in [-0.2, 0) is 17.6 Å². The van der Waals surface area contributed by atoms with E-state index >= 15 is 0 Å². The summed E-state index contributed by atoms with van der Waals surface area (Å²) in [5.74, 6) is 0.389. The molecule has 0 bridgehead atoms. The monoisotopic (exact) mass is 384 g/mol. The Morgan fingerprint density at radius 3 is 2.69 bits per heavy atom. The third kappa shape index (κ3) is 3.12. The van der Waals surface area contributed by atoms with E-state index < -0.39 is 0 Å². The number of fused-ring (bicyclic) bond motifs is 3. The van der Waals surface area contributed by atoms with Gasteiger partial charge in [-0.25, -0.2) is 4.98 Å². The lowest BCUT2D eigenvalue weighted by Gasteiger charge is -2.13.